The van der Waals surface area contributed by atoms with Crippen LogP contribution in [0.2, 0.25) is 0 Å². The third-order valence-electron chi connectivity index (χ3n) is 1.30. The van der Waals surface area contributed by atoms with Gasteiger partial charge in [0.25, 0.3) is 0 Å². The van der Waals surface area contributed by atoms with Crippen LogP contribution in [0.1, 0.15) is 12.5 Å². The molecule has 0 atom stereocenters. The maximum atomic E-state index is 5.33. The molecule has 0 fully saturated rings. The van der Waals surface area contributed by atoms with Crippen LogP contribution in [0, 0.1) is 6.92 Å². The molecule has 0 unspecified atom stereocenters. The van der Waals surface area contributed by atoms with Crippen LogP contribution in [0.5, 0.6) is 5.75 Å². The summed E-state index contributed by atoms with van der Waals surface area (Å²) in [7, 11) is 0. The van der Waals surface area contributed by atoms with Crippen LogP contribution in [-0.2, 0) is 0 Å². The molecular formula is C9H10BrO. The van der Waals surface area contributed by atoms with Crippen LogP contribution in [0.4, 0.5) is 0 Å². The standard InChI is InChI=1S/C9H10BrO/c1-3-11-9-6-7(2)4-5-8(9)10/h4-6H,2-3H2,1H3. The maximum absolute atomic E-state index is 5.33. The molecule has 0 aliphatic rings. The van der Waals surface area contributed by atoms with E-state index in [0.717, 1.165) is 15.8 Å². The summed E-state index contributed by atoms with van der Waals surface area (Å²) >= 11 is 3.38. The SMILES string of the molecule is [CH2]c1ccc(Br)c(OCC)c1. The summed E-state index contributed by atoms with van der Waals surface area (Å²) in [4.78, 5) is 0. The molecule has 1 rings (SSSR count). The van der Waals surface area contributed by atoms with Crippen LogP contribution in [0.3, 0.4) is 0 Å². The number of ether oxygens (including phenoxy) is 1. The molecule has 11 heavy (non-hydrogen) atoms. The zero-order chi connectivity index (χ0) is 8.27. The van der Waals surface area contributed by atoms with Crippen LogP contribution in [-0.4, -0.2) is 6.61 Å². The molecule has 0 aliphatic heterocycles. The van der Waals surface area contributed by atoms with E-state index >= 15 is 0 Å². The van der Waals surface area contributed by atoms with Gasteiger partial charge in [0.15, 0.2) is 0 Å². The first kappa shape index (κ1) is 8.60. The van der Waals surface area contributed by atoms with Crippen molar-refractivity contribution in [1.82, 2.24) is 0 Å². The topological polar surface area (TPSA) is 9.23 Å². The minimum atomic E-state index is 0.683. The van der Waals surface area contributed by atoms with E-state index < -0.39 is 0 Å². The second kappa shape index (κ2) is 3.77. The van der Waals surface area contributed by atoms with Gasteiger partial charge < -0.3 is 4.74 Å². The smallest absolute Gasteiger partial charge is 0.133 e. The predicted octanol–water partition coefficient (Wildman–Crippen LogP) is 3.03. The first-order valence-corrected chi connectivity index (χ1v) is 4.27. The Morgan fingerprint density at radius 3 is 2.91 bits per heavy atom. The Balaban J connectivity index is 2.93. The van der Waals surface area contributed by atoms with E-state index in [1.54, 1.807) is 0 Å². The lowest BCUT2D eigenvalue weighted by Crippen LogP contribution is -1.92. The Hall–Kier alpha value is -0.500. The number of rotatable bonds is 2. The number of halogens is 1. The number of hydrogen-bond acceptors (Lipinski definition) is 1. The second-order valence-electron chi connectivity index (χ2n) is 2.20. The van der Waals surface area contributed by atoms with Crippen molar-refractivity contribution in [1.29, 1.82) is 0 Å². The number of benzene rings is 1. The normalized spacial score (nSPS) is 9.73. The fourth-order valence-electron chi connectivity index (χ4n) is 0.814. The van der Waals surface area contributed by atoms with Gasteiger partial charge in [-0.3, -0.25) is 0 Å². The molecule has 0 N–H and O–H groups in total. The van der Waals surface area contributed by atoms with Gasteiger partial charge in [-0.25, -0.2) is 0 Å². The molecule has 1 aromatic carbocycles. The molecule has 0 amide bonds. The molecule has 59 valence electrons. The molecular weight excluding hydrogens is 204 g/mol. The molecule has 0 saturated heterocycles. The molecule has 0 aliphatic carbocycles. The van der Waals surface area contributed by atoms with Gasteiger partial charge in [-0.15, -0.1) is 0 Å². The second-order valence-corrected chi connectivity index (χ2v) is 3.05. The van der Waals surface area contributed by atoms with E-state index in [2.05, 4.69) is 22.9 Å². The van der Waals surface area contributed by atoms with E-state index in [1.807, 2.05) is 25.1 Å². The summed E-state index contributed by atoms with van der Waals surface area (Å²) in [6.45, 7) is 6.45. The minimum Gasteiger partial charge on any atom is -0.493 e. The molecule has 1 radical (unpaired) electrons. The van der Waals surface area contributed by atoms with Gasteiger partial charge in [-0.2, -0.15) is 0 Å². The van der Waals surface area contributed by atoms with Crippen molar-refractivity contribution in [2.24, 2.45) is 0 Å². The Bertz CT molecular complexity index is 245. The molecule has 1 nitrogen and oxygen atoms in total. The van der Waals surface area contributed by atoms with E-state index in [0.29, 0.717) is 6.61 Å². The van der Waals surface area contributed by atoms with Gasteiger partial charge in [0.05, 0.1) is 11.1 Å². The highest BCUT2D eigenvalue weighted by Gasteiger charge is 1.98. The minimum absolute atomic E-state index is 0.683. The zero-order valence-corrected chi connectivity index (χ0v) is 8.02. The Morgan fingerprint density at radius 1 is 1.55 bits per heavy atom. The highest BCUT2D eigenvalue weighted by atomic mass is 79.9. The average Bonchev–Trinajstić information content (AvgIpc) is 1.98. The van der Waals surface area contributed by atoms with Crippen LogP contribution >= 0.6 is 15.9 Å². The van der Waals surface area contributed by atoms with E-state index in [4.69, 9.17) is 4.74 Å². The monoisotopic (exact) mass is 213 g/mol. The van der Waals surface area contributed by atoms with Crippen molar-refractivity contribution in [2.45, 2.75) is 6.92 Å². The Kier molecular flexibility index (Phi) is 2.94. The van der Waals surface area contributed by atoms with Crippen LogP contribution < -0.4 is 4.74 Å². The zero-order valence-electron chi connectivity index (χ0n) is 6.43. The van der Waals surface area contributed by atoms with Crippen molar-refractivity contribution in [3.8, 4) is 5.75 Å². The fraction of sp³-hybridized carbons (Fsp3) is 0.222. The third kappa shape index (κ3) is 2.22. The van der Waals surface area contributed by atoms with Crippen molar-refractivity contribution in [2.75, 3.05) is 6.61 Å². The predicted molar refractivity (Wildman–Crippen MR) is 49.8 cm³/mol. The summed E-state index contributed by atoms with van der Waals surface area (Å²) in [6.07, 6.45) is 0. The summed E-state index contributed by atoms with van der Waals surface area (Å²) < 4.78 is 6.31. The van der Waals surface area contributed by atoms with Crippen LogP contribution in [0.25, 0.3) is 0 Å². The molecule has 2 heteroatoms. The molecule has 0 heterocycles. The largest absolute Gasteiger partial charge is 0.493 e. The Labute approximate surface area is 75.5 Å². The molecule has 0 bridgehead atoms. The van der Waals surface area contributed by atoms with Gasteiger partial charge in [0, 0.05) is 0 Å². The lowest BCUT2D eigenvalue weighted by molar-refractivity contribution is 0.338. The highest BCUT2D eigenvalue weighted by molar-refractivity contribution is 9.10. The summed E-state index contributed by atoms with van der Waals surface area (Å²) in [6, 6.07) is 5.79. The first-order chi connectivity index (χ1) is 5.24. The van der Waals surface area contributed by atoms with Crippen molar-refractivity contribution in [3.63, 3.8) is 0 Å². The first-order valence-electron chi connectivity index (χ1n) is 3.48. The highest BCUT2D eigenvalue weighted by Crippen LogP contribution is 2.25. The lowest BCUT2D eigenvalue weighted by Gasteiger charge is -2.05. The molecule has 0 saturated carbocycles. The molecule has 1 aromatic rings. The molecule has 0 aromatic heterocycles. The lowest BCUT2D eigenvalue weighted by atomic mass is 10.2. The summed E-state index contributed by atoms with van der Waals surface area (Å²) in [5.74, 6) is 0.861. The average molecular weight is 214 g/mol. The van der Waals surface area contributed by atoms with Crippen molar-refractivity contribution >= 4 is 15.9 Å². The fourth-order valence-corrected chi connectivity index (χ4v) is 1.17. The molecule has 0 spiro atoms. The maximum Gasteiger partial charge on any atom is 0.133 e. The van der Waals surface area contributed by atoms with Gasteiger partial charge in [0.1, 0.15) is 5.75 Å². The van der Waals surface area contributed by atoms with Crippen molar-refractivity contribution in [3.05, 3.63) is 35.2 Å². The van der Waals surface area contributed by atoms with E-state index in [1.165, 1.54) is 0 Å². The summed E-state index contributed by atoms with van der Waals surface area (Å²) in [5, 5.41) is 0. The van der Waals surface area contributed by atoms with E-state index in [-0.39, 0.29) is 0 Å². The Morgan fingerprint density at radius 2 is 2.27 bits per heavy atom. The third-order valence-corrected chi connectivity index (χ3v) is 1.95. The van der Waals surface area contributed by atoms with Gasteiger partial charge in [-0.1, -0.05) is 6.07 Å². The van der Waals surface area contributed by atoms with E-state index in [9.17, 15) is 0 Å². The van der Waals surface area contributed by atoms with Gasteiger partial charge >= 0.3 is 0 Å². The number of hydrogen-bond donors (Lipinski definition) is 0. The van der Waals surface area contributed by atoms with Gasteiger partial charge in [0.2, 0.25) is 0 Å². The van der Waals surface area contributed by atoms with Crippen LogP contribution in [0.15, 0.2) is 22.7 Å². The van der Waals surface area contributed by atoms with Gasteiger partial charge in [-0.05, 0) is 47.5 Å². The quantitative estimate of drug-likeness (QED) is 0.735. The van der Waals surface area contributed by atoms with Crippen molar-refractivity contribution < 1.29 is 4.74 Å². The summed E-state index contributed by atoms with van der Waals surface area (Å²) in [5.41, 5.74) is 0.969.